The highest BCUT2D eigenvalue weighted by atomic mass is 16.4. The van der Waals surface area contributed by atoms with E-state index in [0.717, 1.165) is 6.20 Å². The van der Waals surface area contributed by atoms with Crippen molar-refractivity contribution in [1.29, 1.82) is 5.26 Å². The Morgan fingerprint density at radius 2 is 2.31 bits per heavy atom. The van der Waals surface area contributed by atoms with E-state index in [1.807, 2.05) is 6.07 Å². The van der Waals surface area contributed by atoms with Crippen LogP contribution in [0.25, 0.3) is 5.82 Å². The van der Waals surface area contributed by atoms with Gasteiger partial charge in [0.2, 0.25) is 5.82 Å². The second-order valence-electron chi connectivity index (χ2n) is 2.80. The second kappa shape index (κ2) is 3.78. The fourth-order valence-corrected chi connectivity index (χ4v) is 1.15. The van der Waals surface area contributed by atoms with Crippen LogP contribution in [0.1, 0.15) is 16.3 Å². The summed E-state index contributed by atoms with van der Waals surface area (Å²) >= 11 is 0. The van der Waals surface area contributed by atoms with Crippen molar-refractivity contribution in [2.24, 2.45) is 0 Å². The maximum absolute atomic E-state index is 10.7. The summed E-state index contributed by atoms with van der Waals surface area (Å²) in [5, 5.41) is 17.5. The molecule has 0 bridgehead atoms. The van der Waals surface area contributed by atoms with Crippen LogP contribution in [0, 0.1) is 11.3 Å². The Labute approximate surface area is 89.6 Å². The third kappa shape index (κ3) is 1.59. The molecule has 0 fully saturated rings. The Morgan fingerprint density at radius 1 is 1.50 bits per heavy atom. The number of aromatic carboxylic acids is 1. The number of hydrogen-bond acceptors (Lipinski definition) is 5. The first-order valence-corrected chi connectivity index (χ1v) is 4.21. The zero-order valence-electron chi connectivity index (χ0n) is 7.90. The topological polar surface area (TPSA) is 105 Å². The first-order valence-electron chi connectivity index (χ1n) is 4.21. The summed E-state index contributed by atoms with van der Waals surface area (Å²) in [4.78, 5) is 22.0. The van der Waals surface area contributed by atoms with E-state index in [1.165, 1.54) is 23.2 Å². The van der Waals surface area contributed by atoms with Crippen molar-refractivity contribution in [1.82, 2.24) is 19.5 Å². The number of carbonyl (C=O) groups is 1. The molecular weight excluding hydrogens is 210 g/mol. The van der Waals surface area contributed by atoms with Crippen LogP contribution in [-0.4, -0.2) is 30.6 Å². The highest BCUT2D eigenvalue weighted by Crippen LogP contribution is 2.06. The molecule has 0 aliphatic carbocycles. The average Bonchev–Trinajstić information content (AvgIpc) is 2.77. The van der Waals surface area contributed by atoms with Gasteiger partial charge in [0.05, 0.1) is 12.4 Å². The van der Waals surface area contributed by atoms with Crippen molar-refractivity contribution >= 4 is 5.97 Å². The summed E-state index contributed by atoms with van der Waals surface area (Å²) in [6.07, 6.45) is 5.42. The van der Waals surface area contributed by atoms with Gasteiger partial charge in [0.25, 0.3) is 0 Å². The number of carboxylic acids is 1. The van der Waals surface area contributed by atoms with E-state index in [1.54, 1.807) is 0 Å². The van der Waals surface area contributed by atoms with Crippen molar-refractivity contribution in [2.75, 3.05) is 0 Å². The lowest BCUT2D eigenvalue weighted by atomic mass is 10.4. The molecule has 16 heavy (non-hydrogen) atoms. The fraction of sp³-hybridized carbons (Fsp3) is 0. The molecule has 0 saturated carbocycles. The zero-order valence-corrected chi connectivity index (χ0v) is 7.90. The summed E-state index contributed by atoms with van der Waals surface area (Å²) in [7, 11) is 0. The predicted octanol–water partition coefficient (Wildman–Crippen LogP) is 0.232. The molecule has 0 spiro atoms. The van der Waals surface area contributed by atoms with Crippen LogP contribution in [0.4, 0.5) is 0 Å². The Hall–Kier alpha value is -2.75. The van der Waals surface area contributed by atoms with E-state index >= 15 is 0 Å². The molecule has 1 N–H and O–H groups in total. The summed E-state index contributed by atoms with van der Waals surface area (Å²) in [6, 6.07) is 1.86. The molecule has 0 unspecified atom stereocenters. The number of imidazole rings is 1. The molecule has 2 aromatic rings. The molecule has 0 aromatic carbocycles. The number of hydrogen-bond donors (Lipinski definition) is 1. The Balaban J connectivity index is 2.53. The van der Waals surface area contributed by atoms with E-state index in [-0.39, 0.29) is 17.3 Å². The molecule has 0 aliphatic rings. The normalized spacial score (nSPS) is 9.69. The van der Waals surface area contributed by atoms with Gasteiger partial charge in [0.15, 0.2) is 11.5 Å². The van der Waals surface area contributed by atoms with Gasteiger partial charge in [0.1, 0.15) is 6.07 Å². The SMILES string of the molecule is N#Cc1nccn1-c1cncc(C(=O)O)n1. The first-order chi connectivity index (χ1) is 7.72. The zero-order chi connectivity index (χ0) is 11.5. The minimum Gasteiger partial charge on any atom is -0.476 e. The van der Waals surface area contributed by atoms with E-state index in [9.17, 15) is 4.79 Å². The van der Waals surface area contributed by atoms with Gasteiger partial charge in [0, 0.05) is 12.4 Å². The molecule has 78 valence electrons. The molecule has 2 heterocycles. The van der Waals surface area contributed by atoms with Crippen molar-refractivity contribution in [3.63, 3.8) is 0 Å². The Morgan fingerprint density at radius 3 is 3.00 bits per heavy atom. The van der Waals surface area contributed by atoms with E-state index < -0.39 is 5.97 Å². The van der Waals surface area contributed by atoms with Gasteiger partial charge in [-0.3, -0.25) is 9.55 Å². The van der Waals surface area contributed by atoms with Gasteiger partial charge < -0.3 is 5.11 Å². The van der Waals surface area contributed by atoms with E-state index in [0.29, 0.717) is 0 Å². The lowest BCUT2D eigenvalue weighted by Gasteiger charge is -2.02. The summed E-state index contributed by atoms with van der Waals surface area (Å²) in [6.45, 7) is 0. The van der Waals surface area contributed by atoms with E-state index in [4.69, 9.17) is 10.4 Å². The molecule has 0 aliphatic heterocycles. The molecule has 2 rings (SSSR count). The van der Waals surface area contributed by atoms with Crippen LogP contribution in [0.3, 0.4) is 0 Å². The number of aromatic nitrogens is 4. The molecule has 7 nitrogen and oxygen atoms in total. The molecule has 7 heteroatoms. The van der Waals surface area contributed by atoms with Gasteiger partial charge in [-0.05, 0) is 0 Å². The van der Waals surface area contributed by atoms with Crippen molar-refractivity contribution in [2.45, 2.75) is 0 Å². The third-order valence-corrected chi connectivity index (χ3v) is 1.83. The molecular formula is C9H5N5O2. The minimum atomic E-state index is -1.17. The number of carboxylic acid groups (broad SMARTS) is 1. The molecule has 0 amide bonds. The van der Waals surface area contributed by atoms with Crippen LogP contribution in [-0.2, 0) is 0 Å². The molecule has 0 radical (unpaired) electrons. The van der Waals surface area contributed by atoms with Crippen molar-refractivity contribution in [3.8, 4) is 11.9 Å². The quantitative estimate of drug-likeness (QED) is 0.768. The van der Waals surface area contributed by atoms with Crippen LogP contribution in [0.15, 0.2) is 24.8 Å². The monoisotopic (exact) mass is 215 g/mol. The average molecular weight is 215 g/mol. The van der Waals surface area contributed by atoms with Crippen LogP contribution in [0.5, 0.6) is 0 Å². The van der Waals surface area contributed by atoms with Crippen molar-refractivity contribution < 1.29 is 9.90 Å². The van der Waals surface area contributed by atoms with E-state index in [2.05, 4.69) is 15.0 Å². The Kier molecular flexibility index (Phi) is 2.31. The smallest absolute Gasteiger partial charge is 0.356 e. The highest BCUT2D eigenvalue weighted by Gasteiger charge is 2.09. The fourth-order valence-electron chi connectivity index (χ4n) is 1.15. The summed E-state index contributed by atoms with van der Waals surface area (Å²) in [5.74, 6) is -0.807. The predicted molar refractivity (Wildman–Crippen MR) is 50.8 cm³/mol. The first kappa shape index (κ1) is 9.79. The molecule has 0 atom stereocenters. The largest absolute Gasteiger partial charge is 0.476 e. The van der Waals surface area contributed by atoms with Crippen LogP contribution >= 0.6 is 0 Å². The second-order valence-corrected chi connectivity index (χ2v) is 2.80. The lowest BCUT2D eigenvalue weighted by Crippen LogP contribution is -2.06. The van der Waals surface area contributed by atoms with Crippen LogP contribution in [0.2, 0.25) is 0 Å². The number of nitriles is 1. The number of rotatable bonds is 2. The van der Waals surface area contributed by atoms with Gasteiger partial charge in [-0.25, -0.2) is 14.8 Å². The van der Waals surface area contributed by atoms with Gasteiger partial charge in [-0.1, -0.05) is 0 Å². The van der Waals surface area contributed by atoms with Crippen LogP contribution < -0.4 is 0 Å². The minimum absolute atomic E-state index is 0.122. The van der Waals surface area contributed by atoms with Gasteiger partial charge >= 0.3 is 5.97 Å². The molecule has 0 saturated heterocycles. The number of nitrogens with zero attached hydrogens (tertiary/aromatic N) is 5. The Bertz CT molecular complexity index is 584. The standard InChI is InChI=1S/C9H5N5O2/c10-3-7-12-1-2-14(7)8-5-11-4-6(13-8)9(15)16/h1-2,4-5H,(H,15,16). The maximum atomic E-state index is 10.7. The van der Waals surface area contributed by atoms with Crippen molar-refractivity contribution in [3.05, 3.63) is 36.3 Å². The summed E-state index contributed by atoms with van der Waals surface area (Å²) < 4.78 is 1.36. The third-order valence-electron chi connectivity index (χ3n) is 1.83. The summed E-state index contributed by atoms with van der Waals surface area (Å²) in [5.41, 5.74) is -0.185. The highest BCUT2D eigenvalue weighted by molar-refractivity contribution is 5.85. The maximum Gasteiger partial charge on any atom is 0.356 e. The van der Waals surface area contributed by atoms with Gasteiger partial charge in [-0.15, -0.1) is 0 Å². The van der Waals surface area contributed by atoms with Gasteiger partial charge in [-0.2, -0.15) is 5.26 Å². The molecule has 2 aromatic heterocycles. The lowest BCUT2D eigenvalue weighted by molar-refractivity contribution is 0.0690.